The Morgan fingerprint density at radius 3 is 1.81 bits per heavy atom. The number of carbonyl (C=O) groups excluding carboxylic acids is 2. The van der Waals surface area contributed by atoms with Crippen molar-refractivity contribution >= 4 is 33.5 Å². The fourth-order valence-electron chi connectivity index (χ4n) is 1.62. The zero-order valence-electron chi connectivity index (χ0n) is 8.72. The van der Waals surface area contributed by atoms with E-state index in [2.05, 4.69) is 4.90 Å². The lowest BCUT2D eigenvalue weighted by atomic mass is 10.3. The standard InChI is InChI=1S/C7H13NS2.C2H2O4/c1-2-4-8(3-1)7-5-9-10-6-7;3-1(4)2(5)6/h7H,1-6H2;(H,3,4)(H,5,6)/p-2. The van der Waals surface area contributed by atoms with E-state index in [-0.39, 0.29) is 0 Å². The summed E-state index contributed by atoms with van der Waals surface area (Å²) in [6.45, 7) is 2.73. The average molecular weight is 263 g/mol. The zero-order valence-corrected chi connectivity index (χ0v) is 10.3. The van der Waals surface area contributed by atoms with E-state index in [1.54, 1.807) is 0 Å². The second-order valence-corrected chi connectivity index (χ2v) is 6.09. The van der Waals surface area contributed by atoms with Gasteiger partial charge in [-0.05, 0) is 25.9 Å². The number of hydrogen-bond donors (Lipinski definition) is 0. The molecule has 0 saturated carbocycles. The van der Waals surface area contributed by atoms with Gasteiger partial charge in [-0.3, -0.25) is 4.90 Å². The number of hydrogen-bond acceptors (Lipinski definition) is 7. The zero-order chi connectivity index (χ0) is 12.0. The molecule has 0 aliphatic carbocycles. The van der Waals surface area contributed by atoms with E-state index in [0.717, 1.165) is 6.04 Å². The molecule has 0 spiro atoms. The van der Waals surface area contributed by atoms with Crippen LogP contribution in [0.25, 0.3) is 0 Å². The molecule has 2 heterocycles. The van der Waals surface area contributed by atoms with E-state index < -0.39 is 11.9 Å². The van der Waals surface area contributed by atoms with E-state index in [4.69, 9.17) is 19.8 Å². The molecule has 2 rings (SSSR count). The van der Waals surface area contributed by atoms with Crippen LogP contribution in [0.1, 0.15) is 12.8 Å². The first-order chi connectivity index (χ1) is 7.61. The molecule has 0 N–H and O–H groups in total. The van der Waals surface area contributed by atoms with Gasteiger partial charge in [-0.2, -0.15) is 0 Å². The van der Waals surface area contributed by atoms with Crippen molar-refractivity contribution in [3.63, 3.8) is 0 Å². The van der Waals surface area contributed by atoms with E-state index in [1.807, 2.05) is 21.6 Å². The van der Waals surface area contributed by atoms with Crippen molar-refractivity contribution in [1.29, 1.82) is 0 Å². The molecule has 0 bridgehead atoms. The Bertz CT molecular complexity index is 224. The SMILES string of the molecule is C1CCN(C2CSSC2)C1.O=C([O-])C(=O)[O-]. The fraction of sp³-hybridized carbons (Fsp3) is 0.778. The van der Waals surface area contributed by atoms with Gasteiger partial charge >= 0.3 is 0 Å². The van der Waals surface area contributed by atoms with Crippen LogP contribution in [0.4, 0.5) is 0 Å². The number of nitrogens with zero attached hydrogens (tertiary/aromatic N) is 1. The maximum absolute atomic E-state index is 8.93. The molecule has 5 nitrogen and oxygen atoms in total. The van der Waals surface area contributed by atoms with Crippen LogP contribution in [0.2, 0.25) is 0 Å². The van der Waals surface area contributed by atoms with Crippen molar-refractivity contribution in [3.8, 4) is 0 Å². The summed E-state index contributed by atoms with van der Waals surface area (Å²) in [7, 11) is 4.09. The number of carboxylic acid groups (broad SMARTS) is 2. The van der Waals surface area contributed by atoms with E-state index in [1.165, 1.54) is 37.4 Å². The maximum atomic E-state index is 8.93. The molecule has 7 heteroatoms. The van der Waals surface area contributed by atoms with E-state index in [0.29, 0.717) is 0 Å². The molecule has 0 aromatic heterocycles. The second kappa shape index (κ2) is 7.03. The normalized spacial score (nSPS) is 21.5. The van der Waals surface area contributed by atoms with Gasteiger partial charge in [0.2, 0.25) is 0 Å². The molecule has 0 radical (unpaired) electrons. The first kappa shape index (κ1) is 13.7. The van der Waals surface area contributed by atoms with Gasteiger partial charge in [-0.15, -0.1) is 0 Å². The highest BCUT2D eigenvalue weighted by molar-refractivity contribution is 8.77. The molecule has 0 aromatic rings. The smallest absolute Gasteiger partial charge is 0.0870 e. The maximum Gasteiger partial charge on any atom is 0.0870 e. The monoisotopic (exact) mass is 263 g/mol. The Kier molecular flexibility index (Phi) is 6.00. The summed E-state index contributed by atoms with van der Waals surface area (Å²) in [4.78, 5) is 20.5. The van der Waals surface area contributed by atoms with E-state index in [9.17, 15) is 0 Å². The third-order valence-corrected chi connectivity index (χ3v) is 4.95. The molecule has 0 aromatic carbocycles. The summed E-state index contributed by atoms with van der Waals surface area (Å²) in [5, 5.41) is 17.9. The first-order valence-electron chi connectivity index (χ1n) is 5.02. The van der Waals surface area contributed by atoms with Crippen molar-refractivity contribution in [2.24, 2.45) is 0 Å². The van der Waals surface area contributed by atoms with Gasteiger partial charge in [0.05, 0.1) is 11.9 Å². The minimum absolute atomic E-state index is 0.914. The Labute approximate surface area is 102 Å². The Hall–Kier alpha value is -0.400. The van der Waals surface area contributed by atoms with Crippen molar-refractivity contribution < 1.29 is 19.8 Å². The summed E-state index contributed by atoms with van der Waals surface area (Å²) < 4.78 is 0. The highest BCUT2D eigenvalue weighted by Gasteiger charge is 2.25. The molecule has 2 fully saturated rings. The molecule has 2 aliphatic heterocycles. The summed E-state index contributed by atoms with van der Waals surface area (Å²) >= 11 is 0. The second-order valence-electron chi connectivity index (χ2n) is 3.54. The molecule has 0 unspecified atom stereocenters. The third-order valence-electron chi connectivity index (χ3n) is 2.43. The molecular formula is C9H13NO4S2-2. The Morgan fingerprint density at radius 2 is 1.44 bits per heavy atom. The number of likely N-dealkylation sites (tertiary alicyclic amines) is 1. The van der Waals surface area contributed by atoms with Gasteiger partial charge in [0.15, 0.2) is 0 Å². The van der Waals surface area contributed by atoms with Crippen molar-refractivity contribution in [3.05, 3.63) is 0 Å². The lowest BCUT2D eigenvalue weighted by Gasteiger charge is -2.20. The topological polar surface area (TPSA) is 83.5 Å². The fourth-order valence-corrected chi connectivity index (χ4v) is 4.45. The largest absolute Gasteiger partial charge is 0.543 e. The van der Waals surface area contributed by atoms with Gasteiger partial charge in [-0.25, -0.2) is 0 Å². The summed E-state index contributed by atoms with van der Waals surface area (Å²) in [6, 6.07) is 0.914. The number of aliphatic carboxylic acids is 2. The molecule has 0 atom stereocenters. The quantitative estimate of drug-likeness (QED) is 0.413. The Morgan fingerprint density at radius 1 is 1.00 bits per heavy atom. The van der Waals surface area contributed by atoms with Crippen molar-refractivity contribution in [1.82, 2.24) is 4.90 Å². The predicted molar refractivity (Wildman–Crippen MR) is 59.5 cm³/mol. The van der Waals surface area contributed by atoms with Crippen LogP contribution in [-0.2, 0) is 9.59 Å². The van der Waals surface area contributed by atoms with Gasteiger partial charge < -0.3 is 19.8 Å². The molecular weight excluding hydrogens is 250 g/mol. The van der Waals surface area contributed by atoms with Gasteiger partial charge in [-0.1, -0.05) is 21.6 Å². The highest BCUT2D eigenvalue weighted by atomic mass is 33.1. The lowest BCUT2D eigenvalue weighted by molar-refractivity contribution is -0.345. The van der Waals surface area contributed by atoms with Gasteiger partial charge in [0.25, 0.3) is 0 Å². The summed E-state index contributed by atoms with van der Waals surface area (Å²) in [5.41, 5.74) is 0. The third kappa shape index (κ3) is 4.63. The highest BCUT2D eigenvalue weighted by Crippen LogP contribution is 2.34. The molecule has 2 saturated heterocycles. The van der Waals surface area contributed by atoms with Crippen LogP contribution < -0.4 is 10.2 Å². The van der Waals surface area contributed by atoms with Crippen LogP contribution in [0, 0.1) is 0 Å². The number of rotatable bonds is 1. The van der Waals surface area contributed by atoms with Gasteiger partial charge in [0.1, 0.15) is 0 Å². The predicted octanol–water partition coefficient (Wildman–Crippen LogP) is -1.67. The van der Waals surface area contributed by atoms with E-state index >= 15 is 0 Å². The van der Waals surface area contributed by atoms with Crippen LogP contribution >= 0.6 is 21.6 Å². The molecule has 92 valence electrons. The number of carboxylic acids is 2. The first-order valence-corrected chi connectivity index (χ1v) is 7.51. The minimum atomic E-state index is -2.19. The molecule has 16 heavy (non-hydrogen) atoms. The van der Waals surface area contributed by atoms with Gasteiger partial charge in [0, 0.05) is 17.5 Å². The summed E-state index contributed by atoms with van der Waals surface area (Å²) in [6.07, 6.45) is 2.87. The number of carbonyl (C=O) groups is 2. The lowest BCUT2D eigenvalue weighted by Crippen LogP contribution is -2.42. The molecule has 0 amide bonds. The van der Waals surface area contributed by atoms with Crippen LogP contribution in [0.3, 0.4) is 0 Å². The minimum Gasteiger partial charge on any atom is -0.543 e. The van der Waals surface area contributed by atoms with Crippen molar-refractivity contribution in [2.75, 3.05) is 24.6 Å². The van der Waals surface area contributed by atoms with Crippen LogP contribution in [-0.4, -0.2) is 47.5 Å². The average Bonchev–Trinajstić information content (AvgIpc) is 2.91. The Balaban J connectivity index is 0.000000187. The van der Waals surface area contributed by atoms with Crippen LogP contribution in [0.5, 0.6) is 0 Å². The van der Waals surface area contributed by atoms with Crippen molar-refractivity contribution in [2.45, 2.75) is 18.9 Å². The molecule has 2 aliphatic rings. The summed E-state index contributed by atoms with van der Waals surface area (Å²) in [5.74, 6) is -1.64. The van der Waals surface area contributed by atoms with Crippen LogP contribution in [0.15, 0.2) is 0 Å².